The lowest BCUT2D eigenvalue weighted by molar-refractivity contribution is -0.132. The van der Waals surface area contributed by atoms with Crippen LogP contribution in [0.15, 0.2) is 11.6 Å². The van der Waals surface area contributed by atoms with E-state index in [1.807, 2.05) is 4.90 Å². The molecule has 1 amide bonds. The fraction of sp³-hybridized carbons (Fsp3) is 0.667. The molecule has 2 rings (SSSR count). The smallest absolute Gasteiger partial charge is 0.222 e. The van der Waals surface area contributed by atoms with Crippen LogP contribution in [0.5, 0.6) is 0 Å². The Balaban J connectivity index is 1.79. The summed E-state index contributed by atoms with van der Waals surface area (Å²) in [5, 5.41) is 8.51. The first-order valence-corrected chi connectivity index (χ1v) is 5.65. The molecule has 0 atom stereocenters. The summed E-state index contributed by atoms with van der Waals surface area (Å²) < 4.78 is 0. The van der Waals surface area contributed by atoms with E-state index in [0.717, 1.165) is 32.4 Å². The molecule has 0 spiro atoms. The predicted molar refractivity (Wildman–Crippen MR) is 56.9 cm³/mol. The van der Waals surface area contributed by atoms with Gasteiger partial charge in [0.2, 0.25) is 5.91 Å². The van der Waals surface area contributed by atoms with Crippen LogP contribution in [0, 0.1) is 17.2 Å². The van der Waals surface area contributed by atoms with Crippen LogP contribution in [0.1, 0.15) is 32.1 Å². The van der Waals surface area contributed by atoms with Gasteiger partial charge in [-0.3, -0.25) is 4.79 Å². The molecule has 0 aromatic carbocycles. The van der Waals surface area contributed by atoms with Crippen molar-refractivity contribution in [2.75, 3.05) is 13.1 Å². The molecule has 1 saturated carbocycles. The number of nitrogens with zero attached hydrogens (tertiary/aromatic N) is 2. The lowest BCUT2D eigenvalue weighted by atomic mass is 10.0. The molecule has 0 unspecified atom stereocenters. The summed E-state index contributed by atoms with van der Waals surface area (Å²) in [5.41, 5.74) is 1.19. The summed E-state index contributed by atoms with van der Waals surface area (Å²) in [5.74, 6) is 0.988. The second kappa shape index (κ2) is 4.48. The van der Waals surface area contributed by atoms with E-state index in [1.165, 1.54) is 18.4 Å². The molecule has 1 aliphatic carbocycles. The van der Waals surface area contributed by atoms with Crippen LogP contribution in [0.25, 0.3) is 0 Å². The maximum absolute atomic E-state index is 11.8. The number of rotatable bonds is 2. The molecule has 80 valence electrons. The second-order valence-electron chi connectivity index (χ2n) is 4.46. The van der Waals surface area contributed by atoms with E-state index < -0.39 is 0 Å². The number of amides is 1. The van der Waals surface area contributed by atoms with E-state index in [4.69, 9.17) is 5.26 Å². The molecule has 2 fully saturated rings. The van der Waals surface area contributed by atoms with Crippen molar-refractivity contribution in [3.8, 4) is 6.07 Å². The fourth-order valence-electron chi connectivity index (χ4n) is 1.98. The van der Waals surface area contributed by atoms with Gasteiger partial charge in [0.05, 0.1) is 6.07 Å². The second-order valence-corrected chi connectivity index (χ2v) is 4.46. The largest absolute Gasteiger partial charge is 0.342 e. The molecule has 0 bridgehead atoms. The number of allylic oxidation sites excluding steroid dienone is 1. The van der Waals surface area contributed by atoms with Gasteiger partial charge in [0.25, 0.3) is 0 Å². The predicted octanol–water partition coefficient (Wildman–Crippen LogP) is 1.86. The Hall–Kier alpha value is -1.30. The van der Waals surface area contributed by atoms with Crippen molar-refractivity contribution < 1.29 is 4.79 Å². The van der Waals surface area contributed by atoms with Crippen LogP contribution in [-0.2, 0) is 4.79 Å². The van der Waals surface area contributed by atoms with Gasteiger partial charge in [-0.05, 0) is 31.6 Å². The molecular formula is C12H16N2O. The van der Waals surface area contributed by atoms with Gasteiger partial charge < -0.3 is 4.90 Å². The molecule has 3 nitrogen and oxygen atoms in total. The van der Waals surface area contributed by atoms with Crippen LogP contribution in [0.2, 0.25) is 0 Å². The summed E-state index contributed by atoms with van der Waals surface area (Å²) in [4.78, 5) is 13.7. The summed E-state index contributed by atoms with van der Waals surface area (Å²) in [6, 6.07) is 2.06. The molecule has 0 aromatic rings. The van der Waals surface area contributed by atoms with Crippen molar-refractivity contribution in [3.63, 3.8) is 0 Å². The third-order valence-corrected chi connectivity index (χ3v) is 3.19. The molecule has 15 heavy (non-hydrogen) atoms. The Morgan fingerprint density at radius 1 is 1.47 bits per heavy atom. The van der Waals surface area contributed by atoms with E-state index in [-0.39, 0.29) is 0 Å². The van der Waals surface area contributed by atoms with E-state index >= 15 is 0 Å². The van der Waals surface area contributed by atoms with E-state index in [1.54, 1.807) is 6.08 Å². The Kier molecular flexibility index (Phi) is 3.05. The monoisotopic (exact) mass is 204 g/mol. The van der Waals surface area contributed by atoms with Crippen LogP contribution >= 0.6 is 0 Å². The first kappa shape index (κ1) is 10.2. The average Bonchev–Trinajstić information content (AvgIpc) is 3.03. The van der Waals surface area contributed by atoms with Gasteiger partial charge >= 0.3 is 0 Å². The van der Waals surface area contributed by atoms with Gasteiger partial charge in [0.15, 0.2) is 0 Å². The minimum Gasteiger partial charge on any atom is -0.342 e. The van der Waals surface area contributed by atoms with Gasteiger partial charge in [-0.2, -0.15) is 5.26 Å². The first-order valence-electron chi connectivity index (χ1n) is 5.65. The fourth-order valence-corrected chi connectivity index (χ4v) is 1.98. The summed E-state index contributed by atoms with van der Waals surface area (Å²) in [6.45, 7) is 1.61. The molecule has 0 radical (unpaired) electrons. The maximum Gasteiger partial charge on any atom is 0.222 e. The lowest BCUT2D eigenvalue weighted by Gasteiger charge is -2.28. The average molecular weight is 204 g/mol. The number of carbonyl (C=O) groups is 1. The van der Waals surface area contributed by atoms with Crippen LogP contribution in [-0.4, -0.2) is 23.9 Å². The highest BCUT2D eigenvalue weighted by atomic mass is 16.2. The minimum absolute atomic E-state index is 0.313. The molecule has 1 aliphatic heterocycles. The van der Waals surface area contributed by atoms with Gasteiger partial charge in [-0.15, -0.1) is 0 Å². The van der Waals surface area contributed by atoms with Gasteiger partial charge in [-0.25, -0.2) is 0 Å². The quantitative estimate of drug-likeness (QED) is 0.644. The molecular weight excluding hydrogens is 188 g/mol. The summed E-state index contributed by atoms with van der Waals surface area (Å²) in [7, 11) is 0. The van der Waals surface area contributed by atoms with Crippen molar-refractivity contribution in [1.82, 2.24) is 4.90 Å². The Morgan fingerprint density at radius 3 is 2.67 bits per heavy atom. The van der Waals surface area contributed by atoms with Crippen molar-refractivity contribution >= 4 is 5.91 Å². The number of piperidine rings is 1. The zero-order valence-corrected chi connectivity index (χ0v) is 8.91. The van der Waals surface area contributed by atoms with Crippen molar-refractivity contribution in [2.45, 2.75) is 32.1 Å². The third kappa shape index (κ3) is 2.82. The Morgan fingerprint density at radius 2 is 2.13 bits per heavy atom. The van der Waals surface area contributed by atoms with E-state index in [2.05, 4.69) is 6.07 Å². The van der Waals surface area contributed by atoms with Crippen LogP contribution in [0.4, 0.5) is 0 Å². The molecule has 0 N–H and O–H groups in total. The minimum atomic E-state index is 0.313. The molecule has 2 aliphatic rings. The summed E-state index contributed by atoms with van der Waals surface area (Å²) >= 11 is 0. The van der Waals surface area contributed by atoms with Crippen molar-refractivity contribution in [1.29, 1.82) is 5.26 Å². The maximum atomic E-state index is 11.8. The number of likely N-dealkylation sites (tertiary alicyclic amines) is 1. The van der Waals surface area contributed by atoms with Crippen molar-refractivity contribution in [3.05, 3.63) is 11.6 Å². The molecule has 1 saturated heterocycles. The summed E-state index contributed by atoms with van der Waals surface area (Å²) in [6.07, 6.45) is 6.60. The first-order chi connectivity index (χ1) is 7.29. The zero-order chi connectivity index (χ0) is 10.7. The van der Waals surface area contributed by atoms with Gasteiger partial charge in [0, 0.05) is 25.6 Å². The standard InChI is InChI=1S/C12H16N2O/c13-6-3-10-4-7-14(8-5-10)12(15)9-11-1-2-11/h3,11H,1-2,4-5,7-9H2. The zero-order valence-electron chi connectivity index (χ0n) is 8.91. The number of hydrogen-bond acceptors (Lipinski definition) is 2. The lowest BCUT2D eigenvalue weighted by Crippen LogP contribution is -2.36. The third-order valence-electron chi connectivity index (χ3n) is 3.19. The van der Waals surface area contributed by atoms with Crippen LogP contribution in [0.3, 0.4) is 0 Å². The molecule has 3 heteroatoms. The topological polar surface area (TPSA) is 44.1 Å². The van der Waals surface area contributed by atoms with E-state index in [0.29, 0.717) is 11.8 Å². The highest BCUT2D eigenvalue weighted by Crippen LogP contribution is 2.33. The molecule has 0 aromatic heterocycles. The van der Waals surface area contributed by atoms with Gasteiger partial charge in [0.1, 0.15) is 0 Å². The van der Waals surface area contributed by atoms with E-state index in [9.17, 15) is 4.79 Å². The van der Waals surface area contributed by atoms with Crippen molar-refractivity contribution in [2.24, 2.45) is 5.92 Å². The number of carbonyl (C=O) groups excluding carboxylic acids is 1. The Bertz CT molecular complexity index is 313. The normalized spacial score (nSPS) is 21.0. The number of nitriles is 1. The SMILES string of the molecule is N#CC=C1CCN(C(=O)CC2CC2)CC1. The van der Waals surface area contributed by atoms with Crippen LogP contribution < -0.4 is 0 Å². The number of hydrogen-bond donors (Lipinski definition) is 0. The highest BCUT2D eigenvalue weighted by Gasteiger charge is 2.27. The Labute approximate surface area is 90.4 Å². The van der Waals surface area contributed by atoms with Gasteiger partial charge in [-0.1, -0.05) is 5.57 Å². The molecule has 1 heterocycles. The highest BCUT2D eigenvalue weighted by molar-refractivity contribution is 5.77.